The van der Waals surface area contributed by atoms with Crippen LogP contribution in [0.2, 0.25) is 0 Å². The third kappa shape index (κ3) is 5.53. The van der Waals surface area contributed by atoms with Gasteiger partial charge in [-0.3, -0.25) is 19.2 Å². The first-order valence-corrected chi connectivity index (χ1v) is 7.20. The number of ketones is 1. The van der Waals surface area contributed by atoms with Gasteiger partial charge in [0, 0.05) is 13.0 Å². The maximum atomic E-state index is 11.9. The van der Waals surface area contributed by atoms with Gasteiger partial charge in [-0.2, -0.15) is 0 Å². The molecule has 0 aromatic rings. The zero-order valence-electron chi connectivity index (χ0n) is 12.6. The van der Waals surface area contributed by atoms with Crippen LogP contribution in [-0.2, 0) is 23.9 Å². The van der Waals surface area contributed by atoms with E-state index in [1.165, 1.54) is 9.80 Å². The summed E-state index contributed by atoms with van der Waals surface area (Å²) in [6.45, 7) is 4.29. The van der Waals surface area contributed by atoms with Gasteiger partial charge in [-0.05, 0) is 13.3 Å². The molecule has 0 aromatic heterocycles. The maximum Gasteiger partial charge on any atom is 0.306 e. The monoisotopic (exact) mass is 298 g/mol. The average molecular weight is 298 g/mol. The molecule has 1 rings (SSSR count). The summed E-state index contributed by atoms with van der Waals surface area (Å²) in [5.74, 6) is -1.05. The van der Waals surface area contributed by atoms with Gasteiger partial charge in [0.25, 0.3) is 0 Å². The molecule has 7 heteroatoms. The quantitative estimate of drug-likeness (QED) is 0.588. The minimum atomic E-state index is -0.430. The molecule has 0 radical (unpaired) electrons. The van der Waals surface area contributed by atoms with E-state index in [1.54, 1.807) is 6.92 Å². The van der Waals surface area contributed by atoms with Crippen molar-refractivity contribution in [3.8, 4) is 0 Å². The van der Waals surface area contributed by atoms with Crippen LogP contribution >= 0.6 is 0 Å². The molecule has 0 aliphatic carbocycles. The Kier molecular flexibility index (Phi) is 6.84. The zero-order valence-corrected chi connectivity index (χ0v) is 12.6. The first kappa shape index (κ1) is 17.1. The zero-order chi connectivity index (χ0) is 15.8. The Balaban J connectivity index is 2.41. The van der Waals surface area contributed by atoms with Crippen LogP contribution in [0.1, 0.15) is 33.1 Å². The van der Waals surface area contributed by atoms with Gasteiger partial charge in [-0.1, -0.05) is 6.92 Å². The predicted octanol–water partition coefficient (Wildman–Crippen LogP) is -0.0204. The SMILES string of the molecule is CCCN1CC(=O)N(CC(=O)CCC(=O)OCC)CC1=O. The van der Waals surface area contributed by atoms with Crippen molar-refractivity contribution in [1.29, 1.82) is 0 Å². The van der Waals surface area contributed by atoms with Crippen molar-refractivity contribution in [3.63, 3.8) is 0 Å². The Hall–Kier alpha value is -1.92. The van der Waals surface area contributed by atoms with Crippen molar-refractivity contribution >= 4 is 23.6 Å². The third-order valence-corrected chi connectivity index (χ3v) is 3.13. The highest BCUT2D eigenvalue weighted by Gasteiger charge is 2.30. The van der Waals surface area contributed by atoms with E-state index < -0.39 is 5.97 Å². The van der Waals surface area contributed by atoms with Gasteiger partial charge in [0.2, 0.25) is 11.8 Å². The van der Waals surface area contributed by atoms with E-state index in [2.05, 4.69) is 0 Å². The highest BCUT2D eigenvalue weighted by Crippen LogP contribution is 2.07. The lowest BCUT2D eigenvalue weighted by atomic mass is 10.2. The molecule has 0 atom stereocenters. The van der Waals surface area contributed by atoms with Gasteiger partial charge in [0.05, 0.1) is 26.1 Å². The molecular weight excluding hydrogens is 276 g/mol. The summed E-state index contributed by atoms with van der Waals surface area (Å²) in [6.07, 6.45) is 0.817. The van der Waals surface area contributed by atoms with Gasteiger partial charge < -0.3 is 14.5 Å². The van der Waals surface area contributed by atoms with E-state index in [0.717, 1.165) is 6.42 Å². The molecule has 1 aliphatic rings. The van der Waals surface area contributed by atoms with Crippen LogP contribution in [0.15, 0.2) is 0 Å². The van der Waals surface area contributed by atoms with E-state index in [1.807, 2.05) is 6.92 Å². The molecule has 1 saturated heterocycles. The molecule has 118 valence electrons. The largest absolute Gasteiger partial charge is 0.466 e. The molecule has 0 N–H and O–H groups in total. The van der Waals surface area contributed by atoms with Crippen LogP contribution in [0.3, 0.4) is 0 Å². The Labute approximate surface area is 124 Å². The molecule has 0 saturated carbocycles. The van der Waals surface area contributed by atoms with E-state index in [-0.39, 0.29) is 56.7 Å². The fourth-order valence-electron chi connectivity index (χ4n) is 2.09. The third-order valence-electron chi connectivity index (χ3n) is 3.13. The van der Waals surface area contributed by atoms with Gasteiger partial charge in [-0.25, -0.2) is 0 Å². The second-order valence-corrected chi connectivity index (χ2v) is 4.91. The molecule has 0 aromatic carbocycles. The number of esters is 1. The molecule has 0 unspecified atom stereocenters. The van der Waals surface area contributed by atoms with Crippen molar-refractivity contribution in [3.05, 3.63) is 0 Å². The molecule has 1 heterocycles. The summed E-state index contributed by atoms with van der Waals surface area (Å²) in [5, 5.41) is 0. The molecule has 0 bridgehead atoms. The van der Waals surface area contributed by atoms with Gasteiger partial charge in [0.1, 0.15) is 6.54 Å². The first-order valence-electron chi connectivity index (χ1n) is 7.20. The lowest BCUT2D eigenvalue weighted by Gasteiger charge is -2.33. The fourth-order valence-corrected chi connectivity index (χ4v) is 2.09. The number of rotatable bonds is 8. The highest BCUT2D eigenvalue weighted by atomic mass is 16.5. The van der Waals surface area contributed by atoms with Crippen molar-refractivity contribution in [2.45, 2.75) is 33.1 Å². The highest BCUT2D eigenvalue weighted by molar-refractivity contribution is 5.95. The number of nitrogens with zero attached hydrogens (tertiary/aromatic N) is 2. The van der Waals surface area contributed by atoms with Crippen LogP contribution in [0, 0.1) is 0 Å². The molecule has 1 fully saturated rings. The van der Waals surface area contributed by atoms with E-state index in [9.17, 15) is 19.2 Å². The molecule has 1 aliphatic heterocycles. The summed E-state index contributed by atoms with van der Waals surface area (Å²) < 4.78 is 4.73. The lowest BCUT2D eigenvalue weighted by Crippen LogP contribution is -2.54. The van der Waals surface area contributed by atoms with E-state index in [0.29, 0.717) is 6.54 Å². The second-order valence-electron chi connectivity index (χ2n) is 4.91. The van der Waals surface area contributed by atoms with E-state index in [4.69, 9.17) is 4.74 Å². The molecule has 0 spiro atoms. The number of hydrogen-bond donors (Lipinski definition) is 0. The number of carbonyl (C=O) groups excluding carboxylic acids is 4. The normalized spacial score (nSPS) is 15.3. The van der Waals surface area contributed by atoms with Crippen LogP contribution in [0.5, 0.6) is 0 Å². The molecular formula is C14H22N2O5. The van der Waals surface area contributed by atoms with Crippen LogP contribution in [0.25, 0.3) is 0 Å². The Morgan fingerprint density at radius 2 is 1.67 bits per heavy atom. The number of Topliss-reactive ketones (excluding diaryl/α,β-unsaturated/α-hetero) is 1. The van der Waals surface area contributed by atoms with Gasteiger partial charge >= 0.3 is 5.97 Å². The van der Waals surface area contributed by atoms with Crippen molar-refractivity contribution in [1.82, 2.24) is 9.80 Å². The summed E-state index contributed by atoms with van der Waals surface area (Å²) in [5.41, 5.74) is 0. The fraction of sp³-hybridized carbons (Fsp3) is 0.714. The summed E-state index contributed by atoms with van der Waals surface area (Å²) in [4.78, 5) is 49.4. The molecule has 7 nitrogen and oxygen atoms in total. The minimum absolute atomic E-state index is 0.00457. The number of carbonyl (C=O) groups is 4. The smallest absolute Gasteiger partial charge is 0.306 e. The number of ether oxygens (including phenoxy) is 1. The maximum absolute atomic E-state index is 11.9. The molecule has 2 amide bonds. The lowest BCUT2D eigenvalue weighted by molar-refractivity contribution is -0.151. The van der Waals surface area contributed by atoms with Crippen molar-refractivity contribution in [2.75, 3.05) is 32.8 Å². The topological polar surface area (TPSA) is 84.0 Å². The average Bonchev–Trinajstić information content (AvgIpc) is 2.42. The summed E-state index contributed by atoms with van der Waals surface area (Å²) in [7, 11) is 0. The second kappa shape index (κ2) is 8.39. The van der Waals surface area contributed by atoms with E-state index >= 15 is 0 Å². The van der Waals surface area contributed by atoms with Crippen molar-refractivity contribution < 1.29 is 23.9 Å². The van der Waals surface area contributed by atoms with Gasteiger partial charge in [-0.15, -0.1) is 0 Å². The van der Waals surface area contributed by atoms with Gasteiger partial charge in [0.15, 0.2) is 5.78 Å². The first-order chi connectivity index (χ1) is 9.97. The standard InChI is InChI=1S/C14H22N2O5/c1-3-7-15-9-13(19)16(10-12(15)18)8-11(17)5-6-14(20)21-4-2/h3-10H2,1-2H3. The summed E-state index contributed by atoms with van der Waals surface area (Å²) in [6, 6.07) is 0. The van der Waals surface area contributed by atoms with Crippen LogP contribution in [0.4, 0.5) is 0 Å². The predicted molar refractivity (Wildman–Crippen MR) is 74.3 cm³/mol. The Bertz CT molecular complexity index is 422. The number of piperazine rings is 1. The minimum Gasteiger partial charge on any atom is -0.466 e. The Morgan fingerprint density at radius 3 is 2.29 bits per heavy atom. The Morgan fingerprint density at radius 1 is 1.05 bits per heavy atom. The summed E-state index contributed by atoms with van der Waals surface area (Å²) >= 11 is 0. The molecule has 21 heavy (non-hydrogen) atoms. The van der Waals surface area contributed by atoms with Crippen LogP contribution in [-0.4, -0.2) is 66.2 Å². The van der Waals surface area contributed by atoms with Crippen molar-refractivity contribution in [2.24, 2.45) is 0 Å². The number of amides is 2. The number of hydrogen-bond acceptors (Lipinski definition) is 5. The van der Waals surface area contributed by atoms with Crippen LogP contribution < -0.4 is 0 Å².